The molecule has 0 unspecified atom stereocenters. The van der Waals surface area contributed by atoms with Gasteiger partial charge in [0.2, 0.25) is 5.91 Å². The van der Waals surface area contributed by atoms with Gasteiger partial charge in [0.25, 0.3) is 0 Å². The lowest BCUT2D eigenvalue weighted by Crippen LogP contribution is -2.45. The maximum atomic E-state index is 12.6. The number of rotatable bonds is 3. The molecule has 0 bridgehead atoms. The summed E-state index contributed by atoms with van der Waals surface area (Å²) in [6, 6.07) is 1.50. The monoisotopic (exact) mass is 309 g/mol. The Morgan fingerprint density at radius 3 is 2.33 bits per heavy atom. The van der Waals surface area contributed by atoms with Gasteiger partial charge < -0.3 is 16.4 Å². The lowest BCUT2D eigenvalue weighted by molar-refractivity contribution is -0.132. The number of nitrogens with zero attached hydrogens (tertiary/aromatic N) is 3. The van der Waals surface area contributed by atoms with Crippen LogP contribution in [-0.2, 0) is 4.79 Å². The van der Waals surface area contributed by atoms with Gasteiger partial charge in [-0.05, 0) is 25.2 Å². The second-order valence-electron chi connectivity index (χ2n) is 5.95. The lowest BCUT2D eigenvalue weighted by atomic mass is 9.92. The van der Waals surface area contributed by atoms with Crippen molar-refractivity contribution in [2.45, 2.75) is 37.6 Å². The minimum atomic E-state index is -0.247. The van der Waals surface area contributed by atoms with Crippen molar-refractivity contribution in [3.63, 3.8) is 0 Å². The predicted molar refractivity (Wildman–Crippen MR) is 85.7 cm³/mol. The first-order valence-electron chi connectivity index (χ1n) is 7.20. The van der Waals surface area contributed by atoms with Crippen LogP contribution >= 0.6 is 11.8 Å². The molecule has 0 saturated carbocycles. The fourth-order valence-electron chi connectivity index (χ4n) is 2.82. The highest BCUT2D eigenvalue weighted by Gasteiger charge is 2.29. The van der Waals surface area contributed by atoms with Gasteiger partial charge in [0, 0.05) is 19.2 Å². The van der Waals surface area contributed by atoms with E-state index in [9.17, 15) is 4.79 Å². The van der Waals surface area contributed by atoms with Crippen molar-refractivity contribution >= 4 is 29.3 Å². The van der Waals surface area contributed by atoms with Gasteiger partial charge >= 0.3 is 0 Å². The minimum absolute atomic E-state index is 0.128. The molecule has 0 aliphatic carbocycles. The largest absolute Gasteiger partial charge is 0.383 e. The van der Waals surface area contributed by atoms with Gasteiger partial charge in [0.15, 0.2) is 5.16 Å². The number of nitrogens with two attached hydrogens (primary N) is 2. The third kappa shape index (κ3) is 4.23. The Balaban J connectivity index is 2.02. The predicted octanol–water partition coefficient (Wildman–Crippen LogP) is 1.63. The van der Waals surface area contributed by atoms with Crippen LogP contribution in [0.25, 0.3) is 0 Å². The number of hydrogen-bond donors (Lipinski definition) is 2. The Morgan fingerprint density at radius 2 is 1.81 bits per heavy atom. The highest BCUT2D eigenvalue weighted by molar-refractivity contribution is 8.00. The highest BCUT2D eigenvalue weighted by atomic mass is 32.2. The molecule has 1 aromatic rings. The molecular weight excluding hydrogens is 286 g/mol. The SMILES string of the molecule is C[C@@H]1C[C@H](C)CN(C(=O)[C@H](C)Sc2nc(N)cc(N)n2)C1. The summed E-state index contributed by atoms with van der Waals surface area (Å²) in [5.74, 6) is 1.88. The molecule has 2 heterocycles. The van der Waals surface area contributed by atoms with Crippen LogP contribution in [0.1, 0.15) is 27.2 Å². The molecular formula is C14H23N5OS. The molecule has 1 aliphatic heterocycles. The van der Waals surface area contributed by atoms with Crippen LogP contribution in [0, 0.1) is 11.8 Å². The van der Waals surface area contributed by atoms with Crippen LogP contribution in [0.3, 0.4) is 0 Å². The Hall–Kier alpha value is -1.50. The first-order chi connectivity index (χ1) is 9.85. The molecule has 3 atom stereocenters. The number of carbonyl (C=O) groups excluding carboxylic acids is 1. The van der Waals surface area contributed by atoms with Gasteiger partial charge in [-0.1, -0.05) is 25.6 Å². The summed E-state index contributed by atoms with van der Waals surface area (Å²) in [6.07, 6.45) is 1.18. The molecule has 2 rings (SSSR count). The fourth-order valence-corrected chi connectivity index (χ4v) is 3.71. The topological polar surface area (TPSA) is 98.1 Å². The van der Waals surface area contributed by atoms with Crippen molar-refractivity contribution in [2.24, 2.45) is 11.8 Å². The molecule has 1 saturated heterocycles. The van der Waals surface area contributed by atoms with Gasteiger partial charge in [0.1, 0.15) is 11.6 Å². The second kappa shape index (κ2) is 6.51. The number of amides is 1. The molecule has 7 heteroatoms. The summed E-state index contributed by atoms with van der Waals surface area (Å²) in [4.78, 5) is 22.7. The van der Waals surface area contributed by atoms with Crippen LogP contribution in [0.5, 0.6) is 0 Å². The average Bonchev–Trinajstić information content (AvgIpc) is 2.35. The molecule has 116 valence electrons. The van der Waals surface area contributed by atoms with Gasteiger partial charge in [-0.15, -0.1) is 0 Å². The number of anilines is 2. The van der Waals surface area contributed by atoms with Crippen molar-refractivity contribution in [3.8, 4) is 0 Å². The Labute approximate surface area is 129 Å². The number of aromatic nitrogens is 2. The maximum Gasteiger partial charge on any atom is 0.235 e. The van der Waals surface area contributed by atoms with E-state index in [1.54, 1.807) is 0 Å². The number of carbonyl (C=O) groups is 1. The van der Waals surface area contributed by atoms with Gasteiger partial charge in [-0.3, -0.25) is 4.79 Å². The standard InChI is InChI=1S/C14H23N5OS/c1-8-4-9(2)7-19(6-8)13(20)10(3)21-14-17-11(15)5-12(16)18-14/h5,8-10H,4,6-7H2,1-3H3,(H4,15,16,17,18)/t8-,9+,10-/m0/s1. The molecule has 0 spiro atoms. The van der Waals surface area contributed by atoms with E-state index < -0.39 is 0 Å². The third-order valence-electron chi connectivity index (χ3n) is 3.56. The van der Waals surface area contributed by atoms with Crippen LogP contribution < -0.4 is 11.5 Å². The quantitative estimate of drug-likeness (QED) is 0.650. The van der Waals surface area contributed by atoms with E-state index in [2.05, 4.69) is 23.8 Å². The maximum absolute atomic E-state index is 12.6. The average molecular weight is 309 g/mol. The van der Waals surface area contributed by atoms with Crippen molar-refractivity contribution in [3.05, 3.63) is 6.07 Å². The number of hydrogen-bond acceptors (Lipinski definition) is 6. The number of likely N-dealkylation sites (tertiary alicyclic amines) is 1. The van der Waals surface area contributed by atoms with Crippen molar-refractivity contribution in [2.75, 3.05) is 24.6 Å². The van der Waals surface area contributed by atoms with E-state index in [4.69, 9.17) is 11.5 Å². The van der Waals surface area contributed by atoms with E-state index in [1.807, 2.05) is 11.8 Å². The lowest BCUT2D eigenvalue weighted by Gasteiger charge is -2.36. The van der Waals surface area contributed by atoms with Crippen LogP contribution in [-0.4, -0.2) is 39.1 Å². The summed E-state index contributed by atoms with van der Waals surface area (Å²) in [5, 5.41) is 0.204. The number of thioether (sulfide) groups is 1. The first kappa shape index (κ1) is 15.9. The van der Waals surface area contributed by atoms with E-state index in [0.717, 1.165) is 13.1 Å². The molecule has 1 fully saturated rings. The summed E-state index contributed by atoms with van der Waals surface area (Å²) in [6.45, 7) is 7.91. The normalized spacial score (nSPS) is 23.9. The van der Waals surface area contributed by atoms with E-state index in [1.165, 1.54) is 24.2 Å². The van der Waals surface area contributed by atoms with Gasteiger partial charge in [-0.2, -0.15) is 0 Å². The molecule has 1 amide bonds. The molecule has 1 aliphatic rings. The van der Waals surface area contributed by atoms with E-state index in [-0.39, 0.29) is 11.2 Å². The van der Waals surface area contributed by atoms with Crippen molar-refractivity contribution in [1.82, 2.24) is 14.9 Å². The number of piperidine rings is 1. The van der Waals surface area contributed by atoms with Crippen molar-refractivity contribution < 1.29 is 4.79 Å². The zero-order chi connectivity index (χ0) is 15.6. The smallest absolute Gasteiger partial charge is 0.235 e. The molecule has 4 N–H and O–H groups in total. The summed E-state index contributed by atoms with van der Waals surface area (Å²) < 4.78 is 0. The summed E-state index contributed by atoms with van der Waals surface area (Å²) >= 11 is 1.30. The van der Waals surface area contributed by atoms with Gasteiger partial charge in [-0.25, -0.2) is 9.97 Å². The fraction of sp³-hybridized carbons (Fsp3) is 0.643. The summed E-state index contributed by atoms with van der Waals surface area (Å²) in [5.41, 5.74) is 11.3. The van der Waals surface area contributed by atoms with Crippen LogP contribution in [0.15, 0.2) is 11.2 Å². The van der Waals surface area contributed by atoms with E-state index >= 15 is 0 Å². The van der Waals surface area contributed by atoms with Crippen molar-refractivity contribution in [1.29, 1.82) is 0 Å². The molecule has 1 aromatic heterocycles. The Bertz CT molecular complexity index is 494. The third-order valence-corrected chi connectivity index (χ3v) is 4.50. The molecule has 21 heavy (non-hydrogen) atoms. The first-order valence-corrected chi connectivity index (χ1v) is 8.08. The van der Waals surface area contributed by atoms with Gasteiger partial charge in [0.05, 0.1) is 5.25 Å². The zero-order valence-corrected chi connectivity index (χ0v) is 13.6. The molecule has 0 aromatic carbocycles. The van der Waals surface area contributed by atoms with Crippen LogP contribution in [0.4, 0.5) is 11.6 Å². The second-order valence-corrected chi connectivity index (χ2v) is 7.26. The highest BCUT2D eigenvalue weighted by Crippen LogP contribution is 2.26. The Morgan fingerprint density at radius 1 is 1.29 bits per heavy atom. The van der Waals surface area contributed by atoms with E-state index in [0.29, 0.717) is 28.6 Å². The minimum Gasteiger partial charge on any atom is -0.383 e. The Kier molecular flexibility index (Phi) is 4.92. The molecule has 6 nitrogen and oxygen atoms in total. The number of nitrogen functional groups attached to an aromatic ring is 2. The van der Waals surface area contributed by atoms with Crippen LogP contribution in [0.2, 0.25) is 0 Å². The molecule has 0 radical (unpaired) electrons. The summed E-state index contributed by atoms with van der Waals surface area (Å²) in [7, 11) is 0. The zero-order valence-electron chi connectivity index (χ0n) is 12.7.